The lowest BCUT2D eigenvalue weighted by molar-refractivity contribution is -0.145. The van der Waals surface area contributed by atoms with Crippen LogP contribution in [0.1, 0.15) is 52.9 Å². The third kappa shape index (κ3) is 2.93. The Hall–Kier alpha value is -1.06. The van der Waals surface area contributed by atoms with Crippen LogP contribution in [0.15, 0.2) is 0 Å². The van der Waals surface area contributed by atoms with E-state index < -0.39 is 5.41 Å². The van der Waals surface area contributed by atoms with E-state index in [1.807, 2.05) is 18.7 Å². The molecule has 1 saturated carbocycles. The van der Waals surface area contributed by atoms with E-state index in [4.69, 9.17) is 0 Å². The van der Waals surface area contributed by atoms with Gasteiger partial charge in [0.05, 0.1) is 0 Å². The normalized spacial score (nSPS) is 23.8. The predicted octanol–water partition coefficient (Wildman–Crippen LogP) is 1.94. The van der Waals surface area contributed by atoms with Crippen LogP contribution in [-0.2, 0) is 9.59 Å². The molecule has 2 amide bonds. The van der Waals surface area contributed by atoms with Gasteiger partial charge in [-0.2, -0.15) is 0 Å². The fraction of sp³-hybridized carbons (Fsp3) is 0.867. The molecule has 2 rings (SSSR count). The number of nitrogens with one attached hydrogen (secondary N) is 1. The van der Waals surface area contributed by atoms with Gasteiger partial charge in [-0.1, -0.05) is 13.8 Å². The molecular weight excluding hydrogens is 240 g/mol. The zero-order valence-electron chi connectivity index (χ0n) is 12.4. The molecule has 1 aliphatic heterocycles. The van der Waals surface area contributed by atoms with E-state index in [0.29, 0.717) is 5.92 Å². The molecule has 0 aromatic rings. The van der Waals surface area contributed by atoms with Gasteiger partial charge in [0, 0.05) is 19.1 Å². The Kier molecular flexibility index (Phi) is 4.16. The third-order valence-electron chi connectivity index (χ3n) is 4.65. The first-order chi connectivity index (χ1) is 8.99. The number of amides is 2. The summed E-state index contributed by atoms with van der Waals surface area (Å²) in [7, 11) is 0. The van der Waals surface area contributed by atoms with Gasteiger partial charge in [0.15, 0.2) is 0 Å². The van der Waals surface area contributed by atoms with Crippen LogP contribution in [0.4, 0.5) is 0 Å². The Labute approximate surface area is 115 Å². The van der Waals surface area contributed by atoms with E-state index in [0.717, 1.165) is 45.2 Å². The van der Waals surface area contributed by atoms with E-state index in [-0.39, 0.29) is 17.9 Å². The van der Waals surface area contributed by atoms with E-state index in [2.05, 4.69) is 12.2 Å². The number of piperidine rings is 1. The van der Waals surface area contributed by atoms with Crippen molar-refractivity contribution in [1.82, 2.24) is 10.2 Å². The minimum atomic E-state index is -0.718. The molecule has 1 aliphatic carbocycles. The Bertz CT molecular complexity index is 355. The van der Waals surface area contributed by atoms with Gasteiger partial charge in [0.2, 0.25) is 11.8 Å². The number of hydrogen-bond acceptors (Lipinski definition) is 2. The molecule has 0 radical (unpaired) electrons. The second-order valence-electron chi connectivity index (χ2n) is 6.34. The van der Waals surface area contributed by atoms with Crippen molar-refractivity contribution in [2.75, 3.05) is 13.1 Å². The van der Waals surface area contributed by atoms with Crippen molar-refractivity contribution in [1.29, 1.82) is 0 Å². The molecule has 19 heavy (non-hydrogen) atoms. The molecule has 0 aromatic heterocycles. The minimum absolute atomic E-state index is 0.0505. The van der Waals surface area contributed by atoms with Crippen LogP contribution >= 0.6 is 0 Å². The Balaban J connectivity index is 1.96. The van der Waals surface area contributed by atoms with Crippen molar-refractivity contribution in [3.8, 4) is 0 Å². The molecular formula is C15H26N2O2. The highest BCUT2D eigenvalue weighted by Gasteiger charge is 2.58. The maximum absolute atomic E-state index is 12.6. The van der Waals surface area contributed by atoms with Crippen LogP contribution in [0.3, 0.4) is 0 Å². The molecule has 4 heteroatoms. The summed E-state index contributed by atoms with van der Waals surface area (Å²) in [6.07, 6.45) is 4.47. The molecule has 4 nitrogen and oxygen atoms in total. The Morgan fingerprint density at radius 1 is 1.32 bits per heavy atom. The number of nitrogens with zero attached hydrogens (tertiary/aromatic N) is 1. The number of likely N-dealkylation sites (tertiary alicyclic amines) is 1. The second-order valence-corrected chi connectivity index (χ2v) is 6.34. The monoisotopic (exact) mass is 266 g/mol. The zero-order chi connectivity index (χ0) is 14.0. The molecule has 108 valence electrons. The summed E-state index contributed by atoms with van der Waals surface area (Å²) in [5.41, 5.74) is -0.718. The van der Waals surface area contributed by atoms with Gasteiger partial charge >= 0.3 is 0 Å². The number of rotatable bonds is 4. The summed E-state index contributed by atoms with van der Waals surface area (Å²) in [6, 6.07) is 0.152. The molecule has 0 bridgehead atoms. The summed E-state index contributed by atoms with van der Waals surface area (Å²) in [5.74, 6) is 0.721. The lowest BCUT2D eigenvalue weighted by atomic mass is 9.96. The van der Waals surface area contributed by atoms with Gasteiger partial charge < -0.3 is 10.2 Å². The Morgan fingerprint density at radius 2 is 1.89 bits per heavy atom. The summed E-state index contributed by atoms with van der Waals surface area (Å²) < 4.78 is 0. The third-order valence-corrected chi connectivity index (χ3v) is 4.65. The van der Waals surface area contributed by atoms with Crippen LogP contribution in [0.25, 0.3) is 0 Å². The van der Waals surface area contributed by atoms with Crippen molar-refractivity contribution < 1.29 is 9.59 Å². The van der Waals surface area contributed by atoms with Crippen LogP contribution in [-0.4, -0.2) is 35.8 Å². The smallest absolute Gasteiger partial charge is 0.238 e. The minimum Gasteiger partial charge on any atom is -0.353 e. The first kappa shape index (κ1) is 14.4. The molecule has 1 unspecified atom stereocenters. The summed E-state index contributed by atoms with van der Waals surface area (Å²) >= 11 is 0. The van der Waals surface area contributed by atoms with Crippen molar-refractivity contribution in [2.24, 2.45) is 11.3 Å². The highest BCUT2D eigenvalue weighted by Crippen LogP contribution is 2.48. The van der Waals surface area contributed by atoms with Gasteiger partial charge in [-0.05, 0) is 44.9 Å². The average molecular weight is 266 g/mol. The molecule has 2 aliphatic rings. The van der Waals surface area contributed by atoms with E-state index in [1.165, 1.54) is 0 Å². The summed E-state index contributed by atoms with van der Waals surface area (Å²) in [6.45, 7) is 7.89. The lowest BCUT2D eigenvalue weighted by Gasteiger charge is -2.33. The van der Waals surface area contributed by atoms with Crippen LogP contribution < -0.4 is 5.32 Å². The summed E-state index contributed by atoms with van der Waals surface area (Å²) in [4.78, 5) is 26.8. The van der Waals surface area contributed by atoms with Gasteiger partial charge in [0.1, 0.15) is 5.41 Å². The first-order valence-corrected chi connectivity index (χ1v) is 7.60. The van der Waals surface area contributed by atoms with Gasteiger partial charge in [-0.15, -0.1) is 0 Å². The lowest BCUT2D eigenvalue weighted by Crippen LogP contribution is -2.49. The van der Waals surface area contributed by atoms with Gasteiger partial charge in [0.25, 0.3) is 0 Å². The number of hydrogen-bond donors (Lipinski definition) is 1. The quantitative estimate of drug-likeness (QED) is 0.791. The molecule has 1 saturated heterocycles. The maximum atomic E-state index is 12.6. The van der Waals surface area contributed by atoms with Crippen LogP contribution in [0.5, 0.6) is 0 Å². The van der Waals surface area contributed by atoms with E-state index >= 15 is 0 Å². The van der Waals surface area contributed by atoms with E-state index in [9.17, 15) is 9.59 Å². The SMILES string of the molecule is CCC(C)NC(=O)C1(C(=O)N2CCC(C)CC2)CC1. The first-order valence-electron chi connectivity index (χ1n) is 7.60. The van der Waals surface area contributed by atoms with Crippen molar-refractivity contribution in [2.45, 2.75) is 58.9 Å². The zero-order valence-corrected chi connectivity index (χ0v) is 12.4. The molecule has 1 N–H and O–H groups in total. The Morgan fingerprint density at radius 3 is 2.37 bits per heavy atom. The predicted molar refractivity (Wildman–Crippen MR) is 74.5 cm³/mol. The maximum Gasteiger partial charge on any atom is 0.238 e. The molecule has 2 fully saturated rings. The molecule has 1 heterocycles. The highest BCUT2D eigenvalue weighted by atomic mass is 16.2. The van der Waals surface area contributed by atoms with Crippen LogP contribution in [0, 0.1) is 11.3 Å². The average Bonchev–Trinajstić information content (AvgIpc) is 3.20. The standard InChI is InChI=1S/C15H26N2O2/c1-4-12(3)16-13(18)15(7-8-15)14(19)17-9-5-11(2)6-10-17/h11-12H,4-10H2,1-3H3,(H,16,18). The fourth-order valence-electron chi connectivity index (χ4n) is 2.64. The van der Waals surface area contributed by atoms with Gasteiger partial charge in [-0.3, -0.25) is 9.59 Å². The number of carbonyl (C=O) groups is 2. The second kappa shape index (κ2) is 5.51. The van der Waals surface area contributed by atoms with E-state index in [1.54, 1.807) is 0 Å². The van der Waals surface area contributed by atoms with Crippen LogP contribution in [0.2, 0.25) is 0 Å². The molecule has 1 atom stereocenters. The molecule has 0 aromatic carbocycles. The van der Waals surface area contributed by atoms with Crippen molar-refractivity contribution in [3.05, 3.63) is 0 Å². The van der Waals surface area contributed by atoms with Crippen molar-refractivity contribution in [3.63, 3.8) is 0 Å². The topological polar surface area (TPSA) is 49.4 Å². The van der Waals surface area contributed by atoms with Crippen molar-refractivity contribution >= 4 is 11.8 Å². The largest absolute Gasteiger partial charge is 0.353 e. The van der Waals surface area contributed by atoms with Gasteiger partial charge in [-0.25, -0.2) is 0 Å². The highest BCUT2D eigenvalue weighted by molar-refractivity contribution is 6.07. The number of carbonyl (C=O) groups excluding carboxylic acids is 2. The fourth-order valence-corrected chi connectivity index (χ4v) is 2.64. The summed E-state index contributed by atoms with van der Waals surface area (Å²) in [5, 5.41) is 2.97. The molecule has 0 spiro atoms.